The number of aromatic nitrogens is 5. The smallest absolute Gasteiger partial charge is 0.252 e. The number of amides is 1. The molecule has 1 amide bonds. The van der Waals surface area contributed by atoms with E-state index in [0.29, 0.717) is 37.0 Å². The van der Waals surface area contributed by atoms with Gasteiger partial charge in [-0.2, -0.15) is 5.10 Å². The van der Waals surface area contributed by atoms with Gasteiger partial charge in [-0.15, -0.1) is 0 Å². The average molecular weight is 415 g/mol. The van der Waals surface area contributed by atoms with Crippen molar-refractivity contribution in [2.24, 2.45) is 0 Å². The molecule has 0 radical (unpaired) electrons. The highest BCUT2D eigenvalue weighted by Crippen LogP contribution is 2.27. The number of pyridine rings is 1. The number of anilines is 1. The van der Waals surface area contributed by atoms with Crippen molar-refractivity contribution in [1.29, 1.82) is 0 Å². The number of nitrogens with one attached hydrogen (secondary N) is 2. The molecule has 0 unspecified atom stereocenters. The predicted molar refractivity (Wildman–Crippen MR) is 110 cm³/mol. The van der Waals surface area contributed by atoms with Crippen molar-refractivity contribution in [1.82, 2.24) is 30.0 Å². The summed E-state index contributed by atoms with van der Waals surface area (Å²) in [4.78, 5) is 37.3. The molecule has 3 aromatic heterocycles. The fourth-order valence-corrected chi connectivity index (χ4v) is 3.48. The van der Waals surface area contributed by atoms with Crippen molar-refractivity contribution < 1.29 is 9.53 Å². The molecule has 29 heavy (non-hydrogen) atoms. The maximum absolute atomic E-state index is 12.2. The zero-order chi connectivity index (χ0) is 20.2. The molecule has 1 fully saturated rings. The Hall–Kier alpha value is -2.92. The molecule has 4 heterocycles. The monoisotopic (exact) mass is 415 g/mol. The molecule has 1 saturated heterocycles. The Balaban J connectivity index is 1.51. The van der Waals surface area contributed by atoms with E-state index in [4.69, 9.17) is 4.74 Å². The summed E-state index contributed by atoms with van der Waals surface area (Å²) in [6.45, 7) is 3.74. The third-order valence-corrected chi connectivity index (χ3v) is 5.15. The quantitative estimate of drug-likeness (QED) is 0.442. The first-order valence-corrected chi connectivity index (χ1v) is 10.5. The molecule has 1 aliphatic rings. The van der Waals surface area contributed by atoms with Crippen LogP contribution in [0.2, 0.25) is 0 Å². The first kappa shape index (κ1) is 19.4. The lowest BCUT2D eigenvalue weighted by Gasteiger charge is -2.28. The maximum atomic E-state index is 12.2. The van der Waals surface area contributed by atoms with E-state index in [1.165, 1.54) is 30.1 Å². The second-order valence-electron chi connectivity index (χ2n) is 6.44. The van der Waals surface area contributed by atoms with E-state index < -0.39 is 0 Å². The number of hydrogen-bond donors (Lipinski definition) is 2. The van der Waals surface area contributed by atoms with Gasteiger partial charge in [-0.3, -0.25) is 9.59 Å². The fraction of sp³-hybridized carbons (Fsp3) is 0.389. The van der Waals surface area contributed by atoms with Crippen molar-refractivity contribution in [2.75, 3.05) is 44.0 Å². The highest BCUT2D eigenvalue weighted by atomic mass is 32.2. The van der Waals surface area contributed by atoms with Crippen LogP contribution in [-0.2, 0) is 11.3 Å². The summed E-state index contributed by atoms with van der Waals surface area (Å²) in [6.07, 6.45) is 5.11. The summed E-state index contributed by atoms with van der Waals surface area (Å²) in [5.41, 5.74) is 0.894. The number of fused-ring (bicyclic) bond motifs is 1. The van der Waals surface area contributed by atoms with Crippen molar-refractivity contribution in [3.8, 4) is 0 Å². The minimum atomic E-state index is -0.258. The SMILES string of the molecule is CSc1nc(N2CCOCC2)c2cnn(CCNC(=O)c3ccc(=O)[nH]c3)c2n1. The van der Waals surface area contributed by atoms with Crippen LogP contribution in [0.25, 0.3) is 11.0 Å². The van der Waals surface area contributed by atoms with Gasteiger partial charge in [-0.25, -0.2) is 14.6 Å². The van der Waals surface area contributed by atoms with E-state index in [0.717, 1.165) is 29.9 Å². The van der Waals surface area contributed by atoms with Crippen molar-refractivity contribution >= 4 is 34.5 Å². The van der Waals surface area contributed by atoms with Gasteiger partial charge in [0.15, 0.2) is 10.8 Å². The van der Waals surface area contributed by atoms with Crippen LogP contribution >= 0.6 is 11.8 Å². The lowest BCUT2D eigenvalue weighted by atomic mass is 10.3. The van der Waals surface area contributed by atoms with Crippen LogP contribution in [0.3, 0.4) is 0 Å². The molecular weight excluding hydrogens is 394 g/mol. The number of H-pyrrole nitrogens is 1. The Morgan fingerprint density at radius 3 is 2.86 bits per heavy atom. The summed E-state index contributed by atoms with van der Waals surface area (Å²) in [7, 11) is 0. The number of aromatic amines is 1. The lowest BCUT2D eigenvalue weighted by Crippen LogP contribution is -2.37. The molecule has 152 valence electrons. The van der Waals surface area contributed by atoms with Gasteiger partial charge in [0.25, 0.3) is 5.91 Å². The lowest BCUT2D eigenvalue weighted by molar-refractivity contribution is 0.0951. The molecule has 0 atom stereocenters. The molecule has 0 bridgehead atoms. The third kappa shape index (κ3) is 4.25. The Morgan fingerprint density at radius 1 is 1.31 bits per heavy atom. The Morgan fingerprint density at radius 2 is 2.14 bits per heavy atom. The maximum Gasteiger partial charge on any atom is 0.252 e. The Kier molecular flexibility index (Phi) is 5.76. The minimum Gasteiger partial charge on any atom is -0.378 e. The minimum absolute atomic E-state index is 0.245. The van der Waals surface area contributed by atoms with Crippen LogP contribution < -0.4 is 15.8 Å². The number of morpholine rings is 1. The number of nitrogens with zero attached hydrogens (tertiary/aromatic N) is 5. The molecule has 3 aromatic rings. The molecule has 11 heteroatoms. The van der Waals surface area contributed by atoms with Gasteiger partial charge in [0.05, 0.1) is 36.9 Å². The molecule has 2 N–H and O–H groups in total. The van der Waals surface area contributed by atoms with E-state index in [1.54, 1.807) is 10.9 Å². The largest absolute Gasteiger partial charge is 0.378 e. The first-order valence-electron chi connectivity index (χ1n) is 9.23. The number of hydrogen-bond acceptors (Lipinski definition) is 8. The van der Waals surface area contributed by atoms with Crippen molar-refractivity contribution in [3.63, 3.8) is 0 Å². The van der Waals surface area contributed by atoms with E-state index in [1.807, 2.05) is 6.26 Å². The van der Waals surface area contributed by atoms with Gasteiger partial charge in [0.2, 0.25) is 5.56 Å². The molecule has 1 aliphatic heterocycles. The zero-order valence-corrected chi connectivity index (χ0v) is 16.7. The van der Waals surface area contributed by atoms with E-state index in [2.05, 4.69) is 30.3 Å². The fourth-order valence-electron chi connectivity index (χ4n) is 3.12. The second-order valence-corrected chi connectivity index (χ2v) is 7.21. The van der Waals surface area contributed by atoms with Gasteiger partial charge in [-0.1, -0.05) is 11.8 Å². The van der Waals surface area contributed by atoms with Crippen LogP contribution in [-0.4, -0.2) is 69.7 Å². The Bertz CT molecular complexity index is 1050. The molecule has 0 aromatic carbocycles. The summed E-state index contributed by atoms with van der Waals surface area (Å²) < 4.78 is 7.21. The van der Waals surface area contributed by atoms with Crippen molar-refractivity contribution in [3.05, 3.63) is 40.4 Å². The Labute approximate surface area is 170 Å². The molecule has 4 rings (SSSR count). The highest BCUT2D eigenvalue weighted by Gasteiger charge is 2.20. The van der Waals surface area contributed by atoms with E-state index in [-0.39, 0.29) is 11.5 Å². The van der Waals surface area contributed by atoms with Crippen LogP contribution in [0.1, 0.15) is 10.4 Å². The topological polar surface area (TPSA) is 118 Å². The summed E-state index contributed by atoms with van der Waals surface area (Å²) in [6, 6.07) is 2.81. The predicted octanol–water partition coefficient (Wildman–Crippen LogP) is 0.503. The van der Waals surface area contributed by atoms with Gasteiger partial charge in [0.1, 0.15) is 5.82 Å². The number of carbonyl (C=O) groups is 1. The molecular formula is C18H21N7O3S. The zero-order valence-electron chi connectivity index (χ0n) is 15.9. The van der Waals surface area contributed by atoms with Crippen LogP contribution in [0.5, 0.6) is 0 Å². The molecule has 0 spiro atoms. The normalized spacial score (nSPS) is 14.3. The van der Waals surface area contributed by atoms with Gasteiger partial charge >= 0.3 is 0 Å². The number of ether oxygens (including phenoxy) is 1. The van der Waals surface area contributed by atoms with Crippen molar-refractivity contribution in [2.45, 2.75) is 11.7 Å². The summed E-state index contributed by atoms with van der Waals surface area (Å²) >= 11 is 1.48. The standard InChI is InChI=1S/C18H21N7O3S/c1-29-18-22-15(24-6-8-28-9-7-24)13-11-21-25(16(13)23-18)5-4-19-17(27)12-2-3-14(26)20-10-12/h2-3,10-11H,4-9H2,1H3,(H,19,27)(H,20,26). The highest BCUT2D eigenvalue weighted by molar-refractivity contribution is 7.98. The molecule has 10 nitrogen and oxygen atoms in total. The van der Waals surface area contributed by atoms with Crippen LogP contribution in [0.4, 0.5) is 5.82 Å². The average Bonchev–Trinajstić information content (AvgIpc) is 3.17. The number of thioether (sulfide) groups is 1. The second kappa shape index (κ2) is 8.62. The third-order valence-electron chi connectivity index (χ3n) is 4.60. The summed E-state index contributed by atoms with van der Waals surface area (Å²) in [5.74, 6) is 0.609. The van der Waals surface area contributed by atoms with E-state index >= 15 is 0 Å². The number of rotatable bonds is 6. The van der Waals surface area contributed by atoms with Crippen LogP contribution in [0.15, 0.2) is 34.5 Å². The van der Waals surface area contributed by atoms with Gasteiger partial charge in [0, 0.05) is 31.9 Å². The molecule has 0 saturated carbocycles. The molecule has 0 aliphatic carbocycles. The van der Waals surface area contributed by atoms with Crippen LogP contribution in [0, 0.1) is 0 Å². The first-order chi connectivity index (χ1) is 14.2. The summed E-state index contributed by atoms with van der Waals surface area (Å²) in [5, 5.41) is 8.85. The van der Waals surface area contributed by atoms with E-state index in [9.17, 15) is 9.59 Å². The van der Waals surface area contributed by atoms with Gasteiger partial charge in [-0.05, 0) is 12.3 Å². The van der Waals surface area contributed by atoms with Gasteiger partial charge < -0.3 is 19.9 Å². The number of carbonyl (C=O) groups excluding carboxylic acids is 1.